The van der Waals surface area contributed by atoms with Crippen molar-refractivity contribution < 1.29 is 14.3 Å². The van der Waals surface area contributed by atoms with Crippen LogP contribution in [0.5, 0.6) is 0 Å². The topological polar surface area (TPSA) is 49.3 Å². The van der Waals surface area contributed by atoms with Gasteiger partial charge in [-0.2, -0.15) is 11.8 Å². The third-order valence-corrected chi connectivity index (χ3v) is 3.22. The summed E-state index contributed by atoms with van der Waals surface area (Å²) in [5.74, 6) is 0.00876. The molecule has 1 unspecified atom stereocenters. The van der Waals surface area contributed by atoms with Crippen molar-refractivity contribution in [2.24, 2.45) is 0 Å². The van der Waals surface area contributed by atoms with Crippen molar-refractivity contribution in [2.45, 2.75) is 19.4 Å². The van der Waals surface area contributed by atoms with Gasteiger partial charge in [0.2, 0.25) is 0 Å². The predicted molar refractivity (Wildman–Crippen MR) is 72.5 cm³/mol. The number of nitrogens with one attached hydrogen (secondary N) is 1. The number of aliphatic hydroxyl groups excluding tert-OH is 1. The summed E-state index contributed by atoms with van der Waals surface area (Å²) < 4.78 is 13.2. The number of benzene rings is 1. The first-order valence-electron chi connectivity index (χ1n) is 5.74. The van der Waals surface area contributed by atoms with E-state index in [1.165, 1.54) is 12.1 Å². The van der Waals surface area contributed by atoms with Gasteiger partial charge in [0.15, 0.2) is 0 Å². The minimum Gasteiger partial charge on any atom is -0.396 e. The summed E-state index contributed by atoms with van der Waals surface area (Å²) in [6.07, 6.45) is 2.43. The molecule has 18 heavy (non-hydrogen) atoms. The fraction of sp³-hybridized carbons (Fsp3) is 0.462. The first-order chi connectivity index (χ1) is 8.56. The molecule has 3 nitrogen and oxygen atoms in total. The first kappa shape index (κ1) is 15.0. The maximum atomic E-state index is 13.2. The van der Waals surface area contributed by atoms with Crippen LogP contribution in [0.1, 0.15) is 22.3 Å². The van der Waals surface area contributed by atoms with Gasteiger partial charge in [0.1, 0.15) is 5.82 Å². The number of carbonyl (C=O) groups excluding carboxylic acids is 1. The van der Waals surface area contributed by atoms with Gasteiger partial charge in [-0.1, -0.05) is 0 Å². The van der Waals surface area contributed by atoms with Gasteiger partial charge >= 0.3 is 0 Å². The Morgan fingerprint density at radius 1 is 1.50 bits per heavy atom. The Hall–Kier alpha value is -1.07. The van der Waals surface area contributed by atoms with Crippen molar-refractivity contribution in [3.05, 3.63) is 35.1 Å². The summed E-state index contributed by atoms with van der Waals surface area (Å²) in [4.78, 5) is 11.9. The van der Waals surface area contributed by atoms with Gasteiger partial charge in [0.05, 0.1) is 0 Å². The number of hydrogen-bond donors (Lipinski definition) is 2. The fourth-order valence-corrected chi connectivity index (χ4v) is 2.34. The molecule has 1 rings (SSSR count). The van der Waals surface area contributed by atoms with Crippen LogP contribution in [-0.4, -0.2) is 35.7 Å². The molecule has 0 aromatic heterocycles. The highest BCUT2D eigenvalue weighted by Crippen LogP contribution is 2.09. The van der Waals surface area contributed by atoms with Crippen LogP contribution in [0.4, 0.5) is 4.39 Å². The highest BCUT2D eigenvalue weighted by atomic mass is 32.2. The number of halogens is 1. The Balaban J connectivity index is 2.73. The quantitative estimate of drug-likeness (QED) is 0.832. The zero-order valence-electron chi connectivity index (χ0n) is 10.6. The zero-order chi connectivity index (χ0) is 13.5. The van der Waals surface area contributed by atoms with Crippen LogP contribution in [0, 0.1) is 12.7 Å². The van der Waals surface area contributed by atoms with E-state index in [4.69, 9.17) is 5.11 Å². The average molecular weight is 271 g/mol. The number of amides is 1. The van der Waals surface area contributed by atoms with Crippen LogP contribution in [0.25, 0.3) is 0 Å². The molecule has 2 N–H and O–H groups in total. The van der Waals surface area contributed by atoms with E-state index < -0.39 is 5.82 Å². The molecular weight excluding hydrogens is 253 g/mol. The summed E-state index contributed by atoms with van der Waals surface area (Å²) in [7, 11) is 0. The molecule has 0 spiro atoms. The predicted octanol–water partition coefficient (Wildman–Crippen LogP) is 1.98. The standard InChI is InChI=1S/C13H18FNO2S/c1-9-5-10(7-11(14)6-9)13(17)15-12(3-4-16)8-18-2/h5-7,12,16H,3-4,8H2,1-2H3,(H,15,17). The number of hydrogen-bond acceptors (Lipinski definition) is 3. The summed E-state index contributed by atoms with van der Waals surface area (Å²) >= 11 is 1.59. The van der Waals surface area contributed by atoms with E-state index in [1.807, 2.05) is 6.26 Å². The molecule has 0 radical (unpaired) electrons. The van der Waals surface area contributed by atoms with E-state index in [0.717, 1.165) is 5.75 Å². The lowest BCUT2D eigenvalue weighted by atomic mass is 10.1. The van der Waals surface area contributed by atoms with Crippen molar-refractivity contribution in [1.29, 1.82) is 0 Å². The van der Waals surface area contributed by atoms with Crippen LogP contribution in [0.15, 0.2) is 18.2 Å². The maximum Gasteiger partial charge on any atom is 0.251 e. The number of carbonyl (C=O) groups is 1. The van der Waals surface area contributed by atoms with Crippen molar-refractivity contribution in [2.75, 3.05) is 18.6 Å². The molecule has 0 aliphatic carbocycles. The van der Waals surface area contributed by atoms with Gasteiger partial charge in [-0.25, -0.2) is 4.39 Å². The van der Waals surface area contributed by atoms with E-state index in [-0.39, 0.29) is 18.6 Å². The second-order valence-corrected chi connectivity index (χ2v) is 5.07. The highest BCUT2D eigenvalue weighted by Gasteiger charge is 2.13. The molecule has 1 atom stereocenters. The third kappa shape index (κ3) is 4.66. The second kappa shape index (κ2) is 7.38. The molecule has 1 aromatic rings. The van der Waals surface area contributed by atoms with Crippen LogP contribution in [0.3, 0.4) is 0 Å². The molecule has 0 aliphatic heterocycles. The van der Waals surface area contributed by atoms with E-state index in [9.17, 15) is 9.18 Å². The average Bonchev–Trinajstić information content (AvgIpc) is 2.28. The van der Waals surface area contributed by atoms with E-state index in [2.05, 4.69) is 5.32 Å². The van der Waals surface area contributed by atoms with Crippen LogP contribution in [0.2, 0.25) is 0 Å². The Bertz CT molecular complexity index is 386. The van der Waals surface area contributed by atoms with Gasteiger partial charge in [0, 0.05) is 24.0 Å². The smallest absolute Gasteiger partial charge is 0.251 e. The molecule has 5 heteroatoms. The van der Waals surface area contributed by atoms with Crippen molar-refractivity contribution in [3.8, 4) is 0 Å². The Morgan fingerprint density at radius 3 is 2.78 bits per heavy atom. The number of rotatable bonds is 6. The lowest BCUT2D eigenvalue weighted by Crippen LogP contribution is -2.37. The summed E-state index contributed by atoms with van der Waals surface area (Å²) in [6.45, 7) is 1.76. The molecule has 0 fully saturated rings. The van der Waals surface area contributed by atoms with Crippen LogP contribution in [-0.2, 0) is 0 Å². The van der Waals surface area contributed by atoms with Crippen molar-refractivity contribution >= 4 is 17.7 Å². The zero-order valence-corrected chi connectivity index (χ0v) is 11.4. The lowest BCUT2D eigenvalue weighted by Gasteiger charge is -2.16. The number of aryl methyl sites for hydroxylation is 1. The molecule has 100 valence electrons. The monoisotopic (exact) mass is 271 g/mol. The van der Waals surface area contributed by atoms with Gasteiger partial charge in [0.25, 0.3) is 5.91 Å². The summed E-state index contributed by atoms with van der Waals surface area (Å²) in [5.41, 5.74) is 1.03. The summed E-state index contributed by atoms with van der Waals surface area (Å²) in [5, 5.41) is 11.7. The third-order valence-electron chi connectivity index (χ3n) is 2.48. The molecule has 0 saturated carbocycles. The van der Waals surface area contributed by atoms with E-state index >= 15 is 0 Å². The molecule has 0 bridgehead atoms. The molecule has 0 aliphatic rings. The second-order valence-electron chi connectivity index (χ2n) is 4.16. The maximum absolute atomic E-state index is 13.2. The normalized spacial score (nSPS) is 12.2. The van der Waals surface area contributed by atoms with Crippen molar-refractivity contribution in [1.82, 2.24) is 5.32 Å². The fourth-order valence-electron chi connectivity index (χ4n) is 1.69. The SMILES string of the molecule is CSCC(CCO)NC(=O)c1cc(C)cc(F)c1. The Kier molecular flexibility index (Phi) is 6.15. The lowest BCUT2D eigenvalue weighted by molar-refractivity contribution is 0.0934. The van der Waals surface area contributed by atoms with Crippen LogP contribution >= 0.6 is 11.8 Å². The largest absolute Gasteiger partial charge is 0.396 e. The molecular formula is C13H18FNO2S. The minimum absolute atomic E-state index is 0.0215. The van der Waals surface area contributed by atoms with Crippen LogP contribution < -0.4 is 5.32 Å². The first-order valence-corrected chi connectivity index (χ1v) is 7.14. The van der Waals surface area contributed by atoms with Gasteiger partial charge in [-0.3, -0.25) is 4.79 Å². The Morgan fingerprint density at radius 2 is 2.22 bits per heavy atom. The highest BCUT2D eigenvalue weighted by molar-refractivity contribution is 7.98. The number of aliphatic hydroxyl groups is 1. The molecule has 1 amide bonds. The molecule has 0 heterocycles. The van der Waals surface area contributed by atoms with Gasteiger partial charge < -0.3 is 10.4 Å². The van der Waals surface area contributed by atoms with Gasteiger partial charge in [-0.15, -0.1) is 0 Å². The Labute approximate surface area is 111 Å². The van der Waals surface area contributed by atoms with Gasteiger partial charge in [-0.05, 0) is 43.4 Å². The molecule has 1 aromatic carbocycles. The summed E-state index contributed by atoms with van der Waals surface area (Å²) in [6, 6.07) is 4.15. The minimum atomic E-state index is -0.413. The van der Waals surface area contributed by atoms with E-state index in [0.29, 0.717) is 17.5 Å². The van der Waals surface area contributed by atoms with E-state index in [1.54, 1.807) is 24.8 Å². The number of thioether (sulfide) groups is 1. The van der Waals surface area contributed by atoms with Crippen molar-refractivity contribution in [3.63, 3.8) is 0 Å². The molecule has 0 saturated heterocycles.